The number of ether oxygens (including phenoxy) is 1. The molecule has 2 aromatic rings. The van der Waals surface area contributed by atoms with E-state index in [4.69, 9.17) is 4.74 Å². The Morgan fingerprint density at radius 1 is 1.00 bits per heavy atom. The fourth-order valence-corrected chi connectivity index (χ4v) is 4.50. The maximum atomic E-state index is 12.8. The minimum atomic E-state index is -1.09. The van der Waals surface area contributed by atoms with Crippen LogP contribution >= 0.6 is 0 Å². The summed E-state index contributed by atoms with van der Waals surface area (Å²) < 4.78 is 5.58. The van der Waals surface area contributed by atoms with Crippen molar-refractivity contribution >= 4 is 18.0 Å². The lowest BCUT2D eigenvalue weighted by molar-refractivity contribution is -0.142. The van der Waals surface area contributed by atoms with Crippen LogP contribution in [-0.2, 0) is 14.3 Å². The largest absolute Gasteiger partial charge is 0.480 e. The van der Waals surface area contributed by atoms with Gasteiger partial charge in [0.1, 0.15) is 18.7 Å². The Morgan fingerprint density at radius 3 is 2.12 bits per heavy atom. The minimum Gasteiger partial charge on any atom is -0.480 e. The molecule has 2 aliphatic rings. The van der Waals surface area contributed by atoms with Crippen LogP contribution in [-0.4, -0.2) is 67.3 Å². The summed E-state index contributed by atoms with van der Waals surface area (Å²) in [4.78, 5) is 39.0. The van der Waals surface area contributed by atoms with Crippen LogP contribution in [0.5, 0.6) is 0 Å². The molecule has 2 unspecified atom stereocenters. The Hall–Kier alpha value is -3.39. The standard InChI is InChI=1S/C26H31N3O5/c1-29(2)14-13-22(25(31)32)27-24(30)23(16-11-12-16)28-26(33)34-15-21-19-9-5-3-7-17(19)18-8-4-6-10-20(18)21/h3-10,16,21-23H,11-15H2,1-2H3,(H,27,30)(H,28,33)(H,31,32). The van der Waals surface area contributed by atoms with Crippen molar-refractivity contribution in [1.29, 1.82) is 0 Å². The smallest absolute Gasteiger partial charge is 0.407 e. The van der Waals surface area contributed by atoms with E-state index in [2.05, 4.69) is 22.8 Å². The predicted molar refractivity (Wildman–Crippen MR) is 127 cm³/mol. The molecule has 1 saturated carbocycles. The fourth-order valence-electron chi connectivity index (χ4n) is 4.50. The molecule has 1 fully saturated rings. The van der Waals surface area contributed by atoms with E-state index >= 15 is 0 Å². The summed E-state index contributed by atoms with van der Waals surface area (Å²) in [7, 11) is 3.68. The molecule has 0 spiro atoms. The van der Waals surface area contributed by atoms with Crippen LogP contribution in [0.2, 0.25) is 0 Å². The second-order valence-electron chi connectivity index (χ2n) is 9.28. The van der Waals surface area contributed by atoms with Gasteiger partial charge in [-0.2, -0.15) is 0 Å². The number of amides is 2. The topological polar surface area (TPSA) is 108 Å². The van der Waals surface area contributed by atoms with Crippen molar-refractivity contribution in [3.05, 3.63) is 59.7 Å². The lowest BCUT2D eigenvalue weighted by atomic mass is 9.98. The van der Waals surface area contributed by atoms with Crippen LogP contribution in [0.1, 0.15) is 36.3 Å². The molecule has 2 amide bonds. The number of benzene rings is 2. The third-order valence-electron chi connectivity index (χ3n) is 6.47. The highest BCUT2D eigenvalue weighted by molar-refractivity contribution is 5.89. The maximum Gasteiger partial charge on any atom is 0.407 e. The Balaban J connectivity index is 1.38. The number of fused-ring (bicyclic) bond motifs is 3. The zero-order chi connectivity index (χ0) is 24.2. The minimum absolute atomic E-state index is 0.0104. The average Bonchev–Trinajstić information content (AvgIpc) is 3.61. The molecular formula is C26H31N3O5. The number of alkyl carbamates (subject to hydrolysis) is 1. The zero-order valence-corrected chi connectivity index (χ0v) is 19.5. The average molecular weight is 466 g/mol. The third kappa shape index (κ3) is 5.39. The first-order chi connectivity index (χ1) is 16.3. The second kappa shape index (κ2) is 10.3. The molecule has 2 aromatic carbocycles. The quantitative estimate of drug-likeness (QED) is 0.498. The Kier molecular flexibility index (Phi) is 7.17. The normalized spacial score (nSPS) is 16.3. The molecule has 2 atom stereocenters. The molecule has 0 radical (unpaired) electrons. The first-order valence-corrected chi connectivity index (χ1v) is 11.6. The van der Waals surface area contributed by atoms with E-state index in [1.165, 1.54) is 0 Å². The molecule has 4 rings (SSSR count). The molecule has 8 nitrogen and oxygen atoms in total. The van der Waals surface area contributed by atoms with Gasteiger partial charge in [-0.05, 0) is 61.5 Å². The number of carboxylic acids is 1. The lowest BCUT2D eigenvalue weighted by Crippen LogP contribution is -2.53. The van der Waals surface area contributed by atoms with E-state index < -0.39 is 30.1 Å². The van der Waals surface area contributed by atoms with Crippen LogP contribution in [0.15, 0.2) is 48.5 Å². The first-order valence-electron chi connectivity index (χ1n) is 11.6. The van der Waals surface area contributed by atoms with Crippen LogP contribution in [0, 0.1) is 5.92 Å². The molecule has 0 aliphatic heterocycles. The first kappa shape index (κ1) is 23.8. The highest BCUT2D eigenvalue weighted by atomic mass is 16.5. The molecule has 0 bridgehead atoms. The number of hydrogen-bond acceptors (Lipinski definition) is 5. The molecule has 0 saturated heterocycles. The van der Waals surface area contributed by atoms with Gasteiger partial charge in [0.2, 0.25) is 5.91 Å². The molecule has 0 aromatic heterocycles. The summed E-state index contributed by atoms with van der Waals surface area (Å²) in [5, 5.41) is 14.7. The summed E-state index contributed by atoms with van der Waals surface area (Å²) >= 11 is 0. The van der Waals surface area contributed by atoms with Crippen molar-refractivity contribution in [2.75, 3.05) is 27.2 Å². The molecular weight excluding hydrogens is 434 g/mol. The van der Waals surface area contributed by atoms with E-state index in [9.17, 15) is 19.5 Å². The van der Waals surface area contributed by atoms with Crippen molar-refractivity contribution in [2.45, 2.75) is 37.3 Å². The number of carbonyl (C=O) groups is 3. The summed E-state index contributed by atoms with van der Waals surface area (Å²) in [5.41, 5.74) is 4.50. The van der Waals surface area contributed by atoms with Gasteiger partial charge >= 0.3 is 12.1 Å². The van der Waals surface area contributed by atoms with Gasteiger partial charge in [-0.3, -0.25) is 4.79 Å². The summed E-state index contributed by atoms with van der Waals surface area (Å²) in [6, 6.07) is 14.3. The second-order valence-corrected chi connectivity index (χ2v) is 9.28. The van der Waals surface area contributed by atoms with Crippen LogP contribution in [0.25, 0.3) is 11.1 Å². The van der Waals surface area contributed by atoms with Gasteiger partial charge in [0.25, 0.3) is 0 Å². The van der Waals surface area contributed by atoms with Crippen LogP contribution in [0.3, 0.4) is 0 Å². The SMILES string of the molecule is CN(C)CCC(NC(=O)C(NC(=O)OCC1c2ccccc2-c2ccccc21)C1CC1)C(=O)O. The van der Waals surface area contributed by atoms with Crippen LogP contribution in [0.4, 0.5) is 4.79 Å². The Labute approximate surface area is 199 Å². The van der Waals surface area contributed by atoms with E-state index in [0.29, 0.717) is 6.54 Å². The molecule has 180 valence electrons. The van der Waals surface area contributed by atoms with Crippen molar-refractivity contribution in [3.63, 3.8) is 0 Å². The number of hydrogen-bond donors (Lipinski definition) is 3. The highest BCUT2D eigenvalue weighted by Crippen LogP contribution is 2.44. The van der Waals surface area contributed by atoms with Crippen molar-refractivity contribution < 1.29 is 24.2 Å². The van der Waals surface area contributed by atoms with Gasteiger partial charge in [-0.15, -0.1) is 0 Å². The predicted octanol–water partition coefficient (Wildman–Crippen LogP) is 2.82. The van der Waals surface area contributed by atoms with Crippen LogP contribution < -0.4 is 10.6 Å². The monoisotopic (exact) mass is 465 g/mol. The van der Waals surface area contributed by atoms with Gasteiger partial charge in [-0.1, -0.05) is 48.5 Å². The Morgan fingerprint density at radius 2 is 1.59 bits per heavy atom. The van der Waals surface area contributed by atoms with E-state index in [1.54, 1.807) is 0 Å². The van der Waals surface area contributed by atoms with Gasteiger partial charge in [-0.25, -0.2) is 9.59 Å². The number of carbonyl (C=O) groups excluding carboxylic acids is 2. The van der Waals surface area contributed by atoms with Gasteiger partial charge in [0.15, 0.2) is 0 Å². The van der Waals surface area contributed by atoms with E-state index in [1.807, 2.05) is 55.4 Å². The van der Waals surface area contributed by atoms with Gasteiger partial charge in [0.05, 0.1) is 0 Å². The lowest BCUT2D eigenvalue weighted by Gasteiger charge is -2.22. The van der Waals surface area contributed by atoms with E-state index in [0.717, 1.165) is 35.1 Å². The number of carboxylic acid groups (broad SMARTS) is 1. The molecule has 0 heterocycles. The summed E-state index contributed by atoms with van der Waals surface area (Å²) in [6.07, 6.45) is 1.21. The summed E-state index contributed by atoms with van der Waals surface area (Å²) in [6.45, 7) is 0.671. The number of rotatable bonds is 10. The number of aliphatic carboxylic acids is 1. The maximum absolute atomic E-state index is 12.8. The number of nitrogens with one attached hydrogen (secondary N) is 2. The molecule has 8 heteroatoms. The number of nitrogens with zero attached hydrogens (tertiary/aromatic N) is 1. The zero-order valence-electron chi connectivity index (χ0n) is 19.5. The van der Waals surface area contributed by atoms with Crippen molar-refractivity contribution in [1.82, 2.24) is 15.5 Å². The van der Waals surface area contributed by atoms with E-state index in [-0.39, 0.29) is 24.9 Å². The summed E-state index contributed by atoms with van der Waals surface area (Å²) in [5.74, 6) is -1.66. The third-order valence-corrected chi connectivity index (χ3v) is 6.47. The highest BCUT2D eigenvalue weighted by Gasteiger charge is 2.39. The van der Waals surface area contributed by atoms with Gasteiger partial charge < -0.3 is 25.4 Å². The molecule has 3 N–H and O–H groups in total. The van der Waals surface area contributed by atoms with Crippen molar-refractivity contribution in [3.8, 4) is 11.1 Å². The Bertz CT molecular complexity index is 1020. The molecule has 2 aliphatic carbocycles. The molecule has 34 heavy (non-hydrogen) atoms. The fraction of sp³-hybridized carbons (Fsp3) is 0.423. The van der Waals surface area contributed by atoms with Gasteiger partial charge in [0, 0.05) is 12.5 Å². The van der Waals surface area contributed by atoms with Crippen molar-refractivity contribution in [2.24, 2.45) is 5.92 Å².